The first-order valence-electron chi connectivity index (χ1n) is 14.6. The Hall–Kier alpha value is -4.55. The third kappa shape index (κ3) is 7.58. The molecule has 11 nitrogen and oxygen atoms in total. The van der Waals surface area contributed by atoms with E-state index in [-0.39, 0.29) is 24.7 Å². The molecule has 0 fully saturated rings. The minimum atomic E-state index is -3.53. The number of anilines is 2. The molecule has 45 heavy (non-hydrogen) atoms. The lowest BCUT2D eigenvalue weighted by Crippen LogP contribution is -2.47. The van der Waals surface area contributed by atoms with Crippen molar-refractivity contribution in [1.82, 2.24) is 9.88 Å². The quantitative estimate of drug-likeness (QED) is 0.192. The van der Waals surface area contributed by atoms with E-state index in [2.05, 4.69) is 10.6 Å². The summed E-state index contributed by atoms with van der Waals surface area (Å²) >= 11 is 0. The summed E-state index contributed by atoms with van der Waals surface area (Å²) in [4.78, 5) is 22.2. The molecule has 1 amide bonds. The van der Waals surface area contributed by atoms with Gasteiger partial charge in [0.05, 0.1) is 36.2 Å². The zero-order valence-electron chi connectivity index (χ0n) is 25.9. The average molecular weight is 637 g/mol. The second kappa shape index (κ2) is 14.5. The number of nitrogens with zero attached hydrogens (tertiary/aromatic N) is 2. The summed E-state index contributed by atoms with van der Waals surface area (Å²) < 4.78 is 34.5. The topological polar surface area (TPSA) is 150 Å². The van der Waals surface area contributed by atoms with E-state index < -0.39 is 22.2 Å². The molecule has 2 heterocycles. The van der Waals surface area contributed by atoms with Crippen molar-refractivity contribution < 1.29 is 33.0 Å². The summed E-state index contributed by atoms with van der Waals surface area (Å²) in [7, 11) is -0.369. The highest BCUT2D eigenvalue weighted by Crippen LogP contribution is 2.37. The fraction of sp³-hybridized carbons (Fsp3) is 0.333. The van der Waals surface area contributed by atoms with E-state index in [9.17, 15) is 18.3 Å². The Morgan fingerprint density at radius 2 is 1.84 bits per heavy atom. The predicted octanol–water partition coefficient (Wildman–Crippen LogP) is 3.82. The number of nitrogens with one attached hydrogen (secondary N) is 2. The van der Waals surface area contributed by atoms with Gasteiger partial charge in [-0.1, -0.05) is 30.3 Å². The zero-order chi connectivity index (χ0) is 32.7. The summed E-state index contributed by atoms with van der Waals surface area (Å²) in [5.74, 6) is 0.377. The van der Waals surface area contributed by atoms with E-state index in [0.29, 0.717) is 30.6 Å². The molecule has 2 atom stereocenters. The predicted molar refractivity (Wildman–Crippen MR) is 176 cm³/mol. The van der Waals surface area contributed by atoms with Crippen molar-refractivity contribution in [3.8, 4) is 5.75 Å². The van der Waals surface area contributed by atoms with Crippen LogP contribution < -0.4 is 19.7 Å². The molecule has 0 spiro atoms. The number of amides is 1. The normalized spacial score (nSPS) is 14.8. The van der Waals surface area contributed by atoms with Crippen molar-refractivity contribution in [2.45, 2.75) is 45.4 Å². The first kappa shape index (κ1) is 33.3. The lowest BCUT2D eigenvalue weighted by molar-refractivity contribution is -0.122. The lowest BCUT2D eigenvalue weighted by Gasteiger charge is -2.26. The van der Waals surface area contributed by atoms with E-state index in [1.807, 2.05) is 79.2 Å². The number of aromatic nitrogens is 1. The van der Waals surface area contributed by atoms with Gasteiger partial charge in [0, 0.05) is 43.0 Å². The fourth-order valence-corrected chi connectivity index (χ4v) is 6.76. The number of sulfonamides is 1. The molecule has 0 saturated heterocycles. The van der Waals surface area contributed by atoms with E-state index in [0.717, 1.165) is 39.0 Å². The number of benzene rings is 3. The van der Waals surface area contributed by atoms with E-state index in [1.54, 1.807) is 20.2 Å². The molecular weight excluding hydrogens is 596 g/mol. The van der Waals surface area contributed by atoms with Crippen LogP contribution in [0.5, 0.6) is 5.75 Å². The Balaban J connectivity index is 0.00000148. The third-order valence-electron chi connectivity index (χ3n) is 8.04. The van der Waals surface area contributed by atoms with E-state index in [4.69, 9.17) is 14.6 Å². The molecule has 1 aromatic heterocycles. The van der Waals surface area contributed by atoms with Crippen LogP contribution in [0.25, 0.3) is 10.9 Å². The van der Waals surface area contributed by atoms with Crippen LogP contribution in [0.3, 0.4) is 0 Å². The molecule has 240 valence electrons. The number of carbonyl (C=O) groups is 2. The number of aliphatic hydroxyl groups is 1. The molecule has 3 aromatic carbocycles. The molecule has 12 heteroatoms. The Morgan fingerprint density at radius 3 is 2.49 bits per heavy atom. The summed E-state index contributed by atoms with van der Waals surface area (Å²) in [6.45, 7) is 4.62. The SMILES string of the molecule is CCn1cc2c3c(cc(C(=O)N[C@@H](Cc4ccccc4)[C@H](O)CNc4ccc(OC)cc4C)cc31)N(C)S(=O)(=O)CC2.O=CO. The number of hydrogen-bond acceptors (Lipinski definition) is 7. The molecule has 1 aliphatic heterocycles. The van der Waals surface area contributed by atoms with Crippen LogP contribution in [0.15, 0.2) is 66.9 Å². The summed E-state index contributed by atoms with van der Waals surface area (Å²) in [5, 5.41) is 25.4. The molecule has 0 bridgehead atoms. The minimum Gasteiger partial charge on any atom is -0.497 e. The van der Waals surface area contributed by atoms with Gasteiger partial charge in [-0.05, 0) is 73.7 Å². The Bertz CT molecular complexity index is 1760. The van der Waals surface area contributed by atoms with Crippen LogP contribution in [-0.2, 0) is 34.2 Å². The molecule has 0 aliphatic carbocycles. The van der Waals surface area contributed by atoms with E-state index >= 15 is 0 Å². The van der Waals surface area contributed by atoms with E-state index in [1.165, 1.54) is 4.31 Å². The van der Waals surface area contributed by atoms with Gasteiger partial charge in [0.1, 0.15) is 5.75 Å². The van der Waals surface area contributed by atoms with Crippen molar-refractivity contribution in [2.75, 3.05) is 36.1 Å². The number of rotatable bonds is 10. The van der Waals surface area contributed by atoms with Crippen LogP contribution in [0.2, 0.25) is 0 Å². The van der Waals surface area contributed by atoms with Crippen molar-refractivity contribution >= 4 is 44.7 Å². The van der Waals surface area contributed by atoms with Crippen LogP contribution in [-0.4, -0.2) is 74.2 Å². The van der Waals surface area contributed by atoms with Crippen molar-refractivity contribution in [3.05, 3.63) is 89.1 Å². The highest BCUT2D eigenvalue weighted by Gasteiger charge is 2.30. The first-order valence-corrected chi connectivity index (χ1v) is 16.2. The lowest BCUT2D eigenvalue weighted by atomic mass is 9.99. The van der Waals surface area contributed by atoms with Crippen molar-refractivity contribution in [1.29, 1.82) is 0 Å². The van der Waals surface area contributed by atoms with Gasteiger partial charge in [-0.15, -0.1) is 0 Å². The number of ether oxygens (including phenoxy) is 1. The van der Waals surface area contributed by atoms with Gasteiger partial charge >= 0.3 is 0 Å². The first-order chi connectivity index (χ1) is 21.5. The summed E-state index contributed by atoms with van der Waals surface area (Å²) in [6.07, 6.45) is 1.89. The maximum atomic E-state index is 13.8. The minimum absolute atomic E-state index is 0.00848. The Labute approximate surface area is 263 Å². The second-order valence-electron chi connectivity index (χ2n) is 10.9. The second-order valence-corrected chi connectivity index (χ2v) is 13.0. The third-order valence-corrected chi connectivity index (χ3v) is 9.79. The number of aryl methyl sites for hydroxylation is 3. The van der Waals surface area contributed by atoms with Gasteiger partial charge < -0.3 is 30.2 Å². The maximum Gasteiger partial charge on any atom is 0.290 e. The number of hydrogen-bond donors (Lipinski definition) is 4. The molecule has 0 saturated carbocycles. The van der Waals surface area contributed by atoms with Crippen LogP contribution in [0.1, 0.15) is 34.0 Å². The fourth-order valence-electron chi connectivity index (χ4n) is 5.57. The monoisotopic (exact) mass is 636 g/mol. The number of carbonyl (C=O) groups excluding carboxylic acids is 1. The van der Waals surface area contributed by atoms with Crippen molar-refractivity contribution in [3.63, 3.8) is 0 Å². The molecular formula is C33H40N4O7S. The molecule has 4 N–H and O–H groups in total. The van der Waals surface area contributed by atoms with Crippen LogP contribution in [0, 0.1) is 6.92 Å². The highest BCUT2D eigenvalue weighted by atomic mass is 32.2. The number of carboxylic acid groups (broad SMARTS) is 1. The van der Waals surface area contributed by atoms with Gasteiger partial charge in [-0.25, -0.2) is 8.42 Å². The zero-order valence-corrected chi connectivity index (χ0v) is 26.7. The van der Waals surface area contributed by atoms with Gasteiger partial charge in [0.2, 0.25) is 10.0 Å². The van der Waals surface area contributed by atoms with Gasteiger partial charge in [-0.2, -0.15) is 0 Å². The largest absolute Gasteiger partial charge is 0.497 e. The molecule has 5 rings (SSSR count). The van der Waals surface area contributed by atoms with Crippen LogP contribution >= 0.6 is 0 Å². The highest BCUT2D eigenvalue weighted by molar-refractivity contribution is 7.92. The Kier molecular flexibility index (Phi) is 10.7. The average Bonchev–Trinajstić information content (AvgIpc) is 3.36. The summed E-state index contributed by atoms with van der Waals surface area (Å²) in [6, 6.07) is 18.2. The smallest absolute Gasteiger partial charge is 0.290 e. The van der Waals surface area contributed by atoms with Crippen LogP contribution in [0.4, 0.5) is 11.4 Å². The molecule has 0 unspecified atom stereocenters. The molecule has 0 radical (unpaired) electrons. The van der Waals surface area contributed by atoms with Gasteiger partial charge in [0.15, 0.2) is 0 Å². The molecule has 1 aliphatic rings. The van der Waals surface area contributed by atoms with Crippen molar-refractivity contribution in [2.24, 2.45) is 0 Å². The standard InChI is InChI=1S/C32H38N4O5S.CH2O2/c1-5-36-20-23-13-14-42(39,40)35(3)28-17-24(18-29(36)31(23)28)32(38)34-27(16-22-9-7-6-8-10-22)30(37)19-33-26-12-11-25(41-4)15-21(26)2;2-1-3/h6-12,15,17-18,20,27,30,33,37H,5,13-14,16,19H2,1-4H3,(H,34,38);1H,(H,2,3)/t27-,30+;/m0./s1. The Morgan fingerprint density at radius 1 is 1.13 bits per heavy atom. The van der Waals surface area contributed by atoms with Gasteiger partial charge in [-0.3, -0.25) is 13.9 Å². The van der Waals surface area contributed by atoms with Gasteiger partial charge in [0.25, 0.3) is 12.4 Å². The summed E-state index contributed by atoms with van der Waals surface area (Å²) in [5.41, 5.74) is 5.41. The number of aliphatic hydroxyl groups excluding tert-OH is 1. The maximum absolute atomic E-state index is 13.8. The molecule has 4 aromatic rings. The number of methoxy groups -OCH3 is 1.